The molecule has 9 nitrogen and oxygen atoms in total. The van der Waals surface area contributed by atoms with Crippen molar-refractivity contribution in [2.24, 2.45) is 17.8 Å². The van der Waals surface area contributed by atoms with Crippen LogP contribution in [0.4, 0.5) is 0 Å². The summed E-state index contributed by atoms with van der Waals surface area (Å²) in [6, 6.07) is 2.83. The van der Waals surface area contributed by atoms with E-state index in [4.69, 9.17) is 0 Å². The number of aromatic nitrogens is 4. The summed E-state index contributed by atoms with van der Waals surface area (Å²) < 4.78 is 1.54. The van der Waals surface area contributed by atoms with Gasteiger partial charge in [-0.25, -0.2) is 14.6 Å². The van der Waals surface area contributed by atoms with Gasteiger partial charge in [0.15, 0.2) is 5.82 Å². The number of likely N-dealkylation sites (tertiary alicyclic amines) is 1. The normalized spacial score (nSPS) is 21.5. The number of pyridine rings is 1. The lowest BCUT2D eigenvalue weighted by Gasteiger charge is -2.27. The number of carbonyl (C=O) groups is 3. The number of rotatable bonds is 7. The van der Waals surface area contributed by atoms with Crippen molar-refractivity contribution in [3.05, 3.63) is 48.7 Å². The van der Waals surface area contributed by atoms with Gasteiger partial charge in [-0.3, -0.25) is 19.3 Å². The average Bonchev–Trinajstić information content (AvgIpc) is 3.39. The minimum atomic E-state index is -0.798. The maximum absolute atomic E-state index is 13.1. The second-order valence-corrected chi connectivity index (χ2v) is 8.43. The molecule has 0 saturated carbocycles. The molecule has 0 spiro atoms. The summed E-state index contributed by atoms with van der Waals surface area (Å²) >= 11 is 0. The predicted molar refractivity (Wildman–Crippen MR) is 111 cm³/mol. The van der Waals surface area contributed by atoms with E-state index in [2.05, 4.69) is 20.4 Å². The summed E-state index contributed by atoms with van der Waals surface area (Å²) in [4.78, 5) is 48.5. The molecule has 3 atom stereocenters. The molecular weight excluding hydrogens is 396 g/mol. The zero-order chi connectivity index (χ0) is 22.0. The van der Waals surface area contributed by atoms with Crippen LogP contribution in [0.5, 0.6) is 0 Å². The lowest BCUT2D eigenvalue weighted by molar-refractivity contribution is -0.148. The third kappa shape index (κ3) is 4.26. The molecule has 31 heavy (non-hydrogen) atoms. The van der Waals surface area contributed by atoms with Crippen LogP contribution >= 0.6 is 0 Å². The van der Waals surface area contributed by atoms with E-state index < -0.39 is 6.04 Å². The van der Waals surface area contributed by atoms with Crippen LogP contribution in [0, 0.1) is 17.8 Å². The minimum Gasteiger partial charge on any atom is -0.350 e. The van der Waals surface area contributed by atoms with Gasteiger partial charge in [0, 0.05) is 12.7 Å². The summed E-state index contributed by atoms with van der Waals surface area (Å²) in [5.41, 5.74) is 0.803. The van der Waals surface area contributed by atoms with Gasteiger partial charge in [0.25, 0.3) is 0 Å². The molecule has 3 amide bonds. The van der Waals surface area contributed by atoms with Crippen LogP contribution in [0.3, 0.4) is 0 Å². The minimum absolute atomic E-state index is 0.153. The Bertz CT molecular complexity index is 957. The monoisotopic (exact) mass is 422 g/mol. The van der Waals surface area contributed by atoms with Gasteiger partial charge in [-0.1, -0.05) is 32.1 Å². The Morgan fingerprint density at radius 3 is 2.42 bits per heavy atom. The largest absolute Gasteiger partial charge is 0.350 e. The second-order valence-electron chi connectivity index (χ2n) is 8.43. The SMILES string of the molecule is CC(C)C[C@H](C(=O)NCc1ccc(-n2cncn2)nc1)N1C(=O)[C@H]2CC=CC[C@@H]2C1=O. The van der Waals surface area contributed by atoms with Gasteiger partial charge in [0.1, 0.15) is 18.7 Å². The topological polar surface area (TPSA) is 110 Å². The van der Waals surface area contributed by atoms with Crippen LogP contribution in [-0.2, 0) is 20.9 Å². The number of imide groups is 1. The molecule has 1 aliphatic heterocycles. The molecule has 0 aromatic carbocycles. The van der Waals surface area contributed by atoms with Crippen molar-refractivity contribution in [1.82, 2.24) is 30.0 Å². The highest BCUT2D eigenvalue weighted by atomic mass is 16.2. The highest BCUT2D eigenvalue weighted by molar-refractivity contribution is 6.08. The Morgan fingerprint density at radius 2 is 1.87 bits per heavy atom. The summed E-state index contributed by atoms with van der Waals surface area (Å²) in [5.74, 6) is -0.669. The zero-order valence-corrected chi connectivity index (χ0v) is 17.6. The zero-order valence-electron chi connectivity index (χ0n) is 17.6. The Morgan fingerprint density at radius 1 is 1.16 bits per heavy atom. The van der Waals surface area contributed by atoms with Crippen LogP contribution in [0.2, 0.25) is 0 Å². The Labute approximate surface area is 180 Å². The number of carbonyl (C=O) groups excluding carboxylic acids is 3. The van der Waals surface area contributed by atoms with E-state index in [9.17, 15) is 14.4 Å². The number of fused-ring (bicyclic) bond motifs is 1. The van der Waals surface area contributed by atoms with Crippen molar-refractivity contribution in [2.75, 3.05) is 0 Å². The molecule has 2 aromatic rings. The molecule has 0 radical (unpaired) electrons. The van der Waals surface area contributed by atoms with E-state index in [1.54, 1.807) is 23.3 Å². The van der Waals surface area contributed by atoms with Gasteiger partial charge in [-0.2, -0.15) is 5.10 Å². The van der Waals surface area contributed by atoms with E-state index in [0.29, 0.717) is 25.1 Å². The van der Waals surface area contributed by atoms with E-state index in [1.165, 1.54) is 11.2 Å². The number of nitrogens with one attached hydrogen (secondary N) is 1. The fourth-order valence-corrected chi connectivity index (χ4v) is 4.20. The Hall–Kier alpha value is -3.36. The first-order chi connectivity index (χ1) is 15.0. The number of hydrogen-bond acceptors (Lipinski definition) is 6. The Kier molecular flexibility index (Phi) is 5.92. The lowest BCUT2D eigenvalue weighted by Crippen LogP contribution is -2.50. The predicted octanol–water partition coefficient (Wildman–Crippen LogP) is 1.64. The average molecular weight is 422 g/mol. The molecule has 0 bridgehead atoms. The standard InChI is InChI=1S/C22H26N6O3/c1-14(2)9-18(28-21(30)16-5-3-4-6-17(16)22(28)31)20(29)25-11-15-7-8-19(24-10-15)27-13-23-12-26-27/h3-4,7-8,10,12-14,16-18H,5-6,9,11H2,1-2H3,(H,25,29)/t16-,17-,18+/m0/s1. The summed E-state index contributed by atoms with van der Waals surface area (Å²) in [6.45, 7) is 4.21. The van der Waals surface area contributed by atoms with Crippen LogP contribution < -0.4 is 5.32 Å². The quantitative estimate of drug-likeness (QED) is 0.537. The third-order valence-electron chi connectivity index (χ3n) is 5.78. The fourth-order valence-electron chi connectivity index (χ4n) is 4.20. The molecule has 1 fully saturated rings. The molecule has 1 aliphatic carbocycles. The van der Waals surface area contributed by atoms with E-state index in [-0.39, 0.29) is 42.0 Å². The van der Waals surface area contributed by atoms with Crippen molar-refractivity contribution in [1.29, 1.82) is 0 Å². The van der Waals surface area contributed by atoms with Crippen molar-refractivity contribution in [2.45, 2.75) is 45.7 Å². The van der Waals surface area contributed by atoms with Crippen LogP contribution in [0.15, 0.2) is 43.1 Å². The van der Waals surface area contributed by atoms with E-state index in [1.807, 2.05) is 32.1 Å². The lowest BCUT2D eigenvalue weighted by atomic mass is 9.85. The van der Waals surface area contributed by atoms with Gasteiger partial charge in [0.2, 0.25) is 17.7 Å². The molecule has 162 valence electrons. The molecule has 1 N–H and O–H groups in total. The molecule has 1 saturated heterocycles. The number of allylic oxidation sites excluding steroid dienone is 2. The number of hydrogen-bond donors (Lipinski definition) is 1. The molecule has 9 heteroatoms. The maximum Gasteiger partial charge on any atom is 0.243 e. The first-order valence-corrected chi connectivity index (χ1v) is 10.5. The first-order valence-electron chi connectivity index (χ1n) is 10.5. The van der Waals surface area contributed by atoms with Crippen LogP contribution in [0.1, 0.15) is 38.7 Å². The van der Waals surface area contributed by atoms with Gasteiger partial charge >= 0.3 is 0 Å². The maximum atomic E-state index is 13.1. The van der Waals surface area contributed by atoms with Crippen molar-refractivity contribution in [3.63, 3.8) is 0 Å². The highest BCUT2D eigenvalue weighted by Gasteiger charge is 2.51. The number of nitrogens with zero attached hydrogens (tertiary/aromatic N) is 5. The summed E-state index contributed by atoms with van der Waals surface area (Å²) in [6.07, 6.45) is 10.1. The van der Waals surface area contributed by atoms with Gasteiger partial charge < -0.3 is 5.32 Å². The van der Waals surface area contributed by atoms with E-state index >= 15 is 0 Å². The fraction of sp³-hybridized carbons (Fsp3) is 0.455. The molecular formula is C22H26N6O3. The van der Waals surface area contributed by atoms with Crippen LogP contribution in [0.25, 0.3) is 5.82 Å². The third-order valence-corrected chi connectivity index (χ3v) is 5.78. The number of amides is 3. The summed E-state index contributed by atoms with van der Waals surface area (Å²) in [5, 5.41) is 6.91. The van der Waals surface area contributed by atoms with E-state index in [0.717, 1.165) is 5.56 Å². The summed E-state index contributed by atoms with van der Waals surface area (Å²) in [7, 11) is 0. The second kappa shape index (κ2) is 8.79. The Balaban J connectivity index is 1.45. The van der Waals surface area contributed by atoms with Crippen molar-refractivity contribution < 1.29 is 14.4 Å². The first kappa shape index (κ1) is 20.9. The van der Waals surface area contributed by atoms with Crippen molar-refractivity contribution in [3.8, 4) is 5.82 Å². The highest BCUT2D eigenvalue weighted by Crippen LogP contribution is 2.37. The molecule has 3 heterocycles. The molecule has 2 aliphatic rings. The van der Waals surface area contributed by atoms with Crippen molar-refractivity contribution >= 4 is 17.7 Å². The van der Waals surface area contributed by atoms with Gasteiger partial charge in [0.05, 0.1) is 11.8 Å². The van der Waals surface area contributed by atoms with Gasteiger partial charge in [-0.05, 0) is 36.8 Å². The van der Waals surface area contributed by atoms with Crippen LogP contribution in [-0.4, -0.2) is 48.4 Å². The molecule has 0 unspecified atom stereocenters. The smallest absolute Gasteiger partial charge is 0.243 e. The van der Waals surface area contributed by atoms with Gasteiger partial charge in [-0.15, -0.1) is 0 Å². The molecule has 2 aromatic heterocycles. The molecule has 4 rings (SSSR count).